The smallest absolute Gasteiger partial charge is 0.0853 e. The zero-order chi connectivity index (χ0) is 8.41. The van der Waals surface area contributed by atoms with Gasteiger partial charge in [-0.3, -0.25) is 4.29 Å². The highest BCUT2D eigenvalue weighted by atomic mass is 35.5. The Bertz CT molecular complexity index is 107. The topological polar surface area (TPSA) is 9.23 Å². The van der Waals surface area contributed by atoms with Crippen LogP contribution in [0.3, 0.4) is 0 Å². The molecule has 0 aromatic carbocycles. The zero-order valence-corrected chi connectivity index (χ0v) is 9.25. The van der Waals surface area contributed by atoms with Crippen LogP contribution in [-0.2, 0) is 4.29 Å². The minimum Gasteiger partial charge on any atom is -0.283 e. The highest BCUT2D eigenvalue weighted by molar-refractivity contribution is 6.80. The fourth-order valence-electron chi connectivity index (χ4n) is 0.353. The maximum absolute atomic E-state index is 5.23. The predicted octanol–water partition coefficient (Wildman–Crippen LogP) is 3.20. The van der Waals surface area contributed by atoms with Gasteiger partial charge in [0.2, 0.25) is 0 Å². The lowest BCUT2D eigenvalue weighted by Crippen LogP contribution is -2.41. The van der Waals surface area contributed by atoms with Gasteiger partial charge in [0.05, 0.1) is 26.2 Å². The van der Waals surface area contributed by atoms with Gasteiger partial charge < -0.3 is 0 Å². The van der Waals surface area contributed by atoms with Crippen molar-refractivity contribution in [2.75, 3.05) is 6.23 Å². The first-order valence-corrected chi connectivity index (χ1v) is 7.06. The van der Waals surface area contributed by atoms with E-state index in [1.54, 1.807) is 0 Å². The lowest BCUT2D eigenvalue weighted by Gasteiger charge is -2.35. The second kappa shape index (κ2) is 3.24. The molecular formula is C7H17ClOSi. The summed E-state index contributed by atoms with van der Waals surface area (Å²) in [6.45, 7) is 11.3. The molecule has 3 heteroatoms. The van der Waals surface area contributed by atoms with Crippen molar-refractivity contribution in [1.29, 1.82) is 0 Å². The third-order valence-corrected chi connectivity index (χ3v) is 7.66. The molecule has 0 saturated heterocycles. The molecule has 0 aliphatic carbocycles. The summed E-state index contributed by atoms with van der Waals surface area (Å²) in [6.07, 6.45) is 0.734. The maximum atomic E-state index is 5.23. The van der Waals surface area contributed by atoms with Crippen molar-refractivity contribution >= 4 is 19.9 Å². The van der Waals surface area contributed by atoms with E-state index in [1.165, 1.54) is 0 Å². The average molecular weight is 181 g/mol. The van der Waals surface area contributed by atoms with Gasteiger partial charge in [0.15, 0.2) is 0 Å². The number of hydrogen-bond donors (Lipinski definition) is 0. The Hall–Kier alpha value is 0.467. The minimum absolute atomic E-state index is 0.377. The molecule has 0 aliphatic rings. The lowest BCUT2D eigenvalue weighted by atomic mass is 10.2. The molecule has 0 unspecified atom stereocenters. The van der Waals surface area contributed by atoms with Crippen LogP contribution in [0.2, 0.25) is 18.1 Å². The van der Waals surface area contributed by atoms with Crippen LogP contribution in [0.4, 0.5) is 0 Å². The van der Waals surface area contributed by atoms with Gasteiger partial charge in [0.25, 0.3) is 0 Å². The lowest BCUT2D eigenvalue weighted by molar-refractivity contribution is 0.411. The summed E-state index contributed by atoms with van der Waals surface area (Å²) in [7, 11) is -1.26. The molecule has 0 aromatic rings. The molecule has 10 heavy (non-hydrogen) atoms. The molecule has 0 spiro atoms. The largest absolute Gasteiger partial charge is 0.283 e. The van der Waals surface area contributed by atoms with Crippen molar-refractivity contribution in [2.45, 2.75) is 38.9 Å². The summed E-state index contributed by atoms with van der Waals surface area (Å²) < 4.78 is 4.67. The van der Waals surface area contributed by atoms with Crippen molar-refractivity contribution in [3.8, 4) is 0 Å². The monoisotopic (exact) mass is 180 g/mol. The van der Waals surface area contributed by atoms with Crippen LogP contribution < -0.4 is 0 Å². The van der Waals surface area contributed by atoms with Gasteiger partial charge in [-0.05, 0) is 5.04 Å². The van der Waals surface area contributed by atoms with E-state index in [1.807, 2.05) is 0 Å². The Kier molecular flexibility index (Phi) is 3.39. The summed E-state index contributed by atoms with van der Waals surface area (Å²) in [5.74, 6) is 0. The number of halogens is 1. The molecule has 0 N–H and O–H groups in total. The molecule has 0 bridgehead atoms. The highest BCUT2D eigenvalue weighted by Crippen LogP contribution is 2.35. The summed E-state index contributed by atoms with van der Waals surface area (Å²) in [6, 6.07) is 0. The molecule has 0 atom stereocenters. The normalized spacial score (nSPS) is 13.8. The predicted molar refractivity (Wildman–Crippen MR) is 49.0 cm³/mol. The first-order chi connectivity index (χ1) is 4.31. The quantitative estimate of drug-likeness (QED) is 0.594. The first-order valence-electron chi connectivity index (χ1n) is 3.55. The van der Waals surface area contributed by atoms with E-state index >= 15 is 0 Å². The van der Waals surface area contributed by atoms with E-state index in [4.69, 9.17) is 11.9 Å². The Morgan fingerprint density at radius 3 is 1.80 bits per heavy atom. The van der Waals surface area contributed by atoms with E-state index in [-0.39, 0.29) is 0 Å². The number of hydrogen-bond acceptors (Lipinski definition) is 1. The standard InChI is InChI=1S/C7H17ClOSi/c1-7(2,3)10(4,5)6-9-8/h6H2,1-5H3. The van der Waals surface area contributed by atoms with Crippen LogP contribution in [0.1, 0.15) is 20.8 Å². The molecule has 0 amide bonds. The average Bonchev–Trinajstić information content (AvgIpc) is 1.61. The van der Waals surface area contributed by atoms with Crippen LogP contribution in [0.25, 0.3) is 0 Å². The molecule has 1 nitrogen and oxygen atoms in total. The first kappa shape index (κ1) is 10.5. The van der Waals surface area contributed by atoms with E-state index in [9.17, 15) is 0 Å². The highest BCUT2D eigenvalue weighted by Gasteiger charge is 2.35. The molecule has 0 radical (unpaired) electrons. The van der Waals surface area contributed by atoms with Crippen molar-refractivity contribution in [3.05, 3.63) is 0 Å². The summed E-state index contributed by atoms with van der Waals surface area (Å²) in [5, 5.41) is 0.377. The van der Waals surface area contributed by atoms with E-state index in [0.29, 0.717) is 5.04 Å². The van der Waals surface area contributed by atoms with Crippen molar-refractivity contribution in [1.82, 2.24) is 0 Å². The molecule has 0 heterocycles. The third-order valence-electron chi connectivity index (χ3n) is 2.45. The van der Waals surface area contributed by atoms with Gasteiger partial charge in [0, 0.05) is 0 Å². The van der Waals surface area contributed by atoms with E-state index in [2.05, 4.69) is 38.2 Å². The van der Waals surface area contributed by atoms with Gasteiger partial charge in [-0.1, -0.05) is 33.9 Å². The Morgan fingerprint density at radius 2 is 1.70 bits per heavy atom. The zero-order valence-electron chi connectivity index (χ0n) is 7.49. The Morgan fingerprint density at radius 1 is 1.30 bits per heavy atom. The van der Waals surface area contributed by atoms with E-state index < -0.39 is 8.07 Å². The minimum atomic E-state index is -1.26. The number of rotatable bonds is 2. The molecule has 0 aromatic heterocycles. The molecule has 0 aliphatic heterocycles. The third kappa shape index (κ3) is 2.60. The van der Waals surface area contributed by atoms with Crippen LogP contribution >= 0.6 is 11.9 Å². The van der Waals surface area contributed by atoms with Gasteiger partial charge in [-0.25, -0.2) is 0 Å². The fraction of sp³-hybridized carbons (Fsp3) is 1.00. The second-order valence-corrected chi connectivity index (χ2v) is 10.2. The van der Waals surface area contributed by atoms with Crippen molar-refractivity contribution < 1.29 is 4.29 Å². The van der Waals surface area contributed by atoms with Crippen LogP contribution in [0.5, 0.6) is 0 Å². The molecule has 0 fully saturated rings. The Balaban J connectivity index is 4.10. The molecule has 62 valence electrons. The van der Waals surface area contributed by atoms with Gasteiger partial charge in [-0.2, -0.15) is 0 Å². The fourth-order valence-corrected chi connectivity index (χ4v) is 1.88. The van der Waals surface area contributed by atoms with E-state index in [0.717, 1.165) is 6.23 Å². The SMILES string of the molecule is CC(C)(C)[Si](C)(C)COCl. The summed E-state index contributed by atoms with van der Waals surface area (Å²) in [4.78, 5) is 0. The second-order valence-electron chi connectivity index (χ2n) is 4.39. The van der Waals surface area contributed by atoms with Gasteiger partial charge in [-0.15, -0.1) is 0 Å². The van der Waals surface area contributed by atoms with Crippen molar-refractivity contribution in [3.63, 3.8) is 0 Å². The summed E-state index contributed by atoms with van der Waals surface area (Å²) in [5.41, 5.74) is 0. The van der Waals surface area contributed by atoms with Crippen LogP contribution in [0.15, 0.2) is 0 Å². The van der Waals surface area contributed by atoms with Gasteiger partial charge >= 0.3 is 0 Å². The maximum Gasteiger partial charge on any atom is 0.0853 e. The molecular weight excluding hydrogens is 164 g/mol. The Labute approximate surface area is 69.9 Å². The van der Waals surface area contributed by atoms with Gasteiger partial charge in [0.1, 0.15) is 0 Å². The summed E-state index contributed by atoms with van der Waals surface area (Å²) >= 11 is 5.23. The van der Waals surface area contributed by atoms with Crippen LogP contribution in [0, 0.1) is 0 Å². The molecule has 0 rings (SSSR count). The van der Waals surface area contributed by atoms with Crippen molar-refractivity contribution in [2.24, 2.45) is 0 Å². The van der Waals surface area contributed by atoms with Crippen LogP contribution in [-0.4, -0.2) is 14.3 Å². The molecule has 0 saturated carbocycles.